The summed E-state index contributed by atoms with van der Waals surface area (Å²) in [5.74, 6) is 0. The van der Waals surface area contributed by atoms with Crippen molar-refractivity contribution >= 4 is 6.08 Å². The fourth-order valence-electron chi connectivity index (χ4n) is 0.893. The molecule has 0 fully saturated rings. The van der Waals surface area contributed by atoms with E-state index in [9.17, 15) is 0 Å². The Morgan fingerprint density at radius 2 is 2.57 bits per heavy atom. The fourth-order valence-corrected chi connectivity index (χ4v) is 0.893. The van der Waals surface area contributed by atoms with Crippen molar-refractivity contribution in [2.75, 3.05) is 6.54 Å². The van der Waals surface area contributed by atoms with Crippen molar-refractivity contribution in [3.8, 4) is 6.07 Å². The first-order valence-corrected chi connectivity index (χ1v) is 3.91. The minimum Gasteiger partial charge on any atom is -0.256 e. The molecule has 0 unspecified atom stereocenters. The number of hydrogen-bond donors (Lipinski definition) is 0. The highest BCUT2D eigenvalue weighted by molar-refractivity contribution is 5.53. The minimum atomic E-state index is 0.262. The van der Waals surface area contributed by atoms with Gasteiger partial charge in [0.15, 0.2) is 0 Å². The molecule has 0 aliphatic rings. The topological polar surface area (TPSA) is 85.4 Å². The van der Waals surface area contributed by atoms with Gasteiger partial charge in [0, 0.05) is 17.7 Å². The summed E-state index contributed by atoms with van der Waals surface area (Å²) in [5.41, 5.74) is 9.11. The number of hydrogen-bond acceptors (Lipinski definition) is 3. The summed E-state index contributed by atoms with van der Waals surface area (Å²) in [7, 11) is 0. The average molecular weight is 185 g/mol. The highest BCUT2D eigenvalue weighted by Gasteiger charge is 1.95. The molecule has 1 heterocycles. The molecule has 0 aromatic carbocycles. The summed E-state index contributed by atoms with van der Waals surface area (Å²) in [4.78, 5) is 6.60. The number of nitriles is 1. The average Bonchev–Trinajstić information content (AvgIpc) is 2.25. The lowest BCUT2D eigenvalue weighted by Crippen LogP contribution is -1.85. The molecule has 0 aliphatic carbocycles. The Hall–Kier alpha value is -2.31. The molecular weight excluding hydrogens is 178 g/mol. The molecule has 5 heteroatoms. The van der Waals surface area contributed by atoms with Gasteiger partial charge in [0.1, 0.15) is 6.07 Å². The molecule has 0 N–H and O–H groups in total. The van der Waals surface area contributed by atoms with Crippen LogP contribution in [0.15, 0.2) is 29.5 Å². The van der Waals surface area contributed by atoms with Crippen LogP contribution < -0.4 is 0 Å². The van der Waals surface area contributed by atoms with Crippen LogP contribution in [0.1, 0.15) is 11.3 Å². The van der Waals surface area contributed by atoms with Crippen molar-refractivity contribution < 1.29 is 0 Å². The van der Waals surface area contributed by atoms with E-state index in [0.717, 1.165) is 0 Å². The summed E-state index contributed by atoms with van der Waals surface area (Å²) in [6, 6.07) is 5.40. The zero-order valence-corrected chi connectivity index (χ0v) is 7.33. The van der Waals surface area contributed by atoms with E-state index in [2.05, 4.69) is 15.0 Å². The Kier molecular flexibility index (Phi) is 3.74. The van der Waals surface area contributed by atoms with Gasteiger partial charge < -0.3 is 0 Å². The summed E-state index contributed by atoms with van der Waals surface area (Å²) < 4.78 is 0. The van der Waals surface area contributed by atoms with Gasteiger partial charge in [-0.3, -0.25) is 4.98 Å². The first-order valence-electron chi connectivity index (χ1n) is 3.91. The molecule has 0 spiro atoms. The first kappa shape index (κ1) is 9.78. The van der Waals surface area contributed by atoms with Crippen molar-refractivity contribution in [2.45, 2.75) is 0 Å². The highest BCUT2D eigenvalue weighted by atomic mass is 15.1. The van der Waals surface area contributed by atoms with Gasteiger partial charge in [-0.2, -0.15) is 5.26 Å². The number of aromatic nitrogens is 1. The number of rotatable bonds is 3. The molecular formula is C9H7N5. The Labute approximate surface area is 80.9 Å². The summed E-state index contributed by atoms with van der Waals surface area (Å²) in [6.45, 7) is 0.262. The van der Waals surface area contributed by atoms with Crippen molar-refractivity contribution in [2.24, 2.45) is 5.11 Å². The van der Waals surface area contributed by atoms with E-state index in [1.54, 1.807) is 30.5 Å². The van der Waals surface area contributed by atoms with Crippen molar-refractivity contribution in [1.82, 2.24) is 4.98 Å². The van der Waals surface area contributed by atoms with E-state index >= 15 is 0 Å². The lowest BCUT2D eigenvalue weighted by molar-refractivity contribution is 1.21. The Morgan fingerprint density at radius 3 is 3.29 bits per heavy atom. The molecule has 0 aliphatic heterocycles. The lowest BCUT2D eigenvalue weighted by Gasteiger charge is -1.93. The zero-order valence-electron chi connectivity index (χ0n) is 7.33. The zero-order chi connectivity index (χ0) is 10.2. The first-order chi connectivity index (χ1) is 6.88. The molecule has 0 atom stereocenters. The van der Waals surface area contributed by atoms with Crippen LogP contribution in [0.5, 0.6) is 0 Å². The highest BCUT2D eigenvalue weighted by Crippen LogP contribution is 2.05. The molecule has 0 radical (unpaired) electrons. The number of nitrogens with zero attached hydrogens (tertiary/aromatic N) is 5. The maximum Gasteiger partial charge on any atom is 0.101 e. The van der Waals surface area contributed by atoms with Crippen LogP contribution in [0.2, 0.25) is 0 Å². The van der Waals surface area contributed by atoms with E-state index in [1.165, 1.54) is 0 Å². The molecule has 1 rings (SSSR count). The normalized spacial score (nSPS) is 9.36. The smallest absolute Gasteiger partial charge is 0.101 e. The molecule has 0 bridgehead atoms. The second-order valence-corrected chi connectivity index (χ2v) is 2.36. The third-order valence-corrected chi connectivity index (χ3v) is 1.49. The molecule has 0 saturated carbocycles. The Bertz CT molecular complexity index is 423. The van der Waals surface area contributed by atoms with Crippen LogP contribution in [0.4, 0.5) is 0 Å². The standard InChI is InChI=1S/C9H7N5/c10-7-8-3-1-5-12-9(8)4-2-6-13-14-11/h1-5H,6H2. The van der Waals surface area contributed by atoms with Crippen LogP contribution in [0.25, 0.3) is 16.5 Å². The molecule has 5 nitrogen and oxygen atoms in total. The van der Waals surface area contributed by atoms with Gasteiger partial charge in [-0.1, -0.05) is 11.2 Å². The van der Waals surface area contributed by atoms with Crippen LogP contribution in [-0.4, -0.2) is 11.5 Å². The van der Waals surface area contributed by atoms with E-state index in [0.29, 0.717) is 11.3 Å². The van der Waals surface area contributed by atoms with Crippen LogP contribution in [-0.2, 0) is 0 Å². The Balaban J connectivity index is 2.81. The number of azide groups is 1. The predicted octanol–water partition coefficient (Wildman–Crippen LogP) is 2.28. The monoisotopic (exact) mass is 185 g/mol. The summed E-state index contributed by atoms with van der Waals surface area (Å²) in [6.07, 6.45) is 4.92. The molecule has 0 amide bonds. The minimum absolute atomic E-state index is 0.262. The maximum absolute atomic E-state index is 8.72. The predicted molar refractivity (Wildman–Crippen MR) is 52.0 cm³/mol. The molecule has 68 valence electrons. The maximum atomic E-state index is 8.72. The second-order valence-electron chi connectivity index (χ2n) is 2.36. The molecule has 14 heavy (non-hydrogen) atoms. The van der Waals surface area contributed by atoms with Crippen molar-refractivity contribution in [3.05, 3.63) is 46.1 Å². The SMILES string of the molecule is N#Cc1cccnc1C=CCN=[N+]=[N-]. The Morgan fingerprint density at radius 1 is 1.71 bits per heavy atom. The van der Waals surface area contributed by atoms with Crippen LogP contribution >= 0.6 is 0 Å². The van der Waals surface area contributed by atoms with Gasteiger partial charge in [0.25, 0.3) is 0 Å². The lowest BCUT2D eigenvalue weighted by atomic mass is 10.2. The summed E-state index contributed by atoms with van der Waals surface area (Å²) >= 11 is 0. The van der Waals surface area contributed by atoms with E-state index in [4.69, 9.17) is 10.8 Å². The van der Waals surface area contributed by atoms with E-state index in [1.807, 2.05) is 6.07 Å². The van der Waals surface area contributed by atoms with Crippen molar-refractivity contribution in [3.63, 3.8) is 0 Å². The largest absolute Gasteiger partial charge is 0.256 e. The third kappa shape index (κ3) is 2.63. The van der Waals surface area contributed by atoms with E-state index in [-0.39, 0.29) is 6.54 Å². The third-order valence-electron chi connectivity index (χ3n) is 1.49. The second kappa shape index (κ2) is 5.36. The van der Waals surface area contributed by atoms with Gasteiger partial charge in [-0.25, -0.2) is 0 Å². The van der Waals surface area contributed by atoms with E-state index < -0.39 is 0 Å². The molecule has 1 aromatic heterocycles. The van der Waals surface area contributed by atoms with Crippen LogP contribution in [0.3, 0.4) is 0 Å². The van der Waals surface area contributed by atoms with Gasteiger partial charge in [0.05, 0.1) is 11.3 Å². The fraction of sp³-hybridized carbons (Fsp3) is 0.111. The van der Waals surface area contributed by atoms with Crippen LogP contribution in [0, 0.1) is 11.3 Å². The van der Waals surface area contributed by atoms with Crippen molar-refractivity contribution in [1.29, 1.82) is 5.26 Å². The summed E-state index contributed by atoms with van der Waals surface area (Å²) in [5, 5.41) is 12.0. The van der Waals surface area contributed by atoms with Gasteiger partial charge in [-0.05, 0) is 23.7 Å². The quantitative estimate of drug-likeness (QED) is 0.411. The van der Waals surface area contributed by atoms with Gasteiger partial charge in [0.2, 0.25) is 0 Å². The molecule has 1 aromatic rings. The number of pyridine rings is 1. The van der Waals surface area contributed by atoms with Gasteiger partial charge >= 0.3 is 0 Å². The van der Waals surface area contributed by atoms with Gasteiger partial charge in [-0.15, -0.1) is 0 Å². The molecule has 0 saturated heterocycles.